The van der Waals surface area contributed by atoms with Crippen LogP contribution in [0.5, 0.6) is 0 Å². The van der Waals surface area contributed by atoms with Crippen molar-refractivity contribution in [1.29, 1.82) is 0 Å². The highest BCUT2D eigenvalue weighted by Gasteiger charge is 2.24. The lowest BCUT2D eigenvalue weighted by atomic mass is 9.94. The zero-order valence-corrected chi connectivity index (χ0v) is 11.2. The molecule has 0 radical (unpaired) electrons. The van der Waals surface area contributed by atoms with Crippen molar-refractivity contribution in [3.05, 3.63) is 18.0 Å². The Bertz CT molecular complexity index is 347. The summed E-state index contributed by atoms with van der Waals surface area (Å²) >= 11 is 0. The predicted molar refractivity (Wildman–Crippen MR) is 70.0 cm³/mol. The van der Waals surface area contributed by atoms with Gasteiger partial charge in [-0.2, -0.15) is 5.10 Å². The highest BCUT2D eigenvalue weighted by Crippen LogP contribution is 2.16. The van der Waals surface area contributed by atoms with Crippen molar-refractivity contribution in [2.75, 3.05) is 26.7 Å². The van der Waals surface area contributed by atoms with E-state index in [1.165, 1.54) is 25.1 Å². The van der Waals surface area contributed by atoms with Gasteiger partial charge in [0.1, 0.15) is 0 Å². The lowest BCUT2D eigenvalue weighted by Gasteiger charge is -2.36. The van der Waals surface area contributed by atoms with E-state index in [2.05, 4.69) is 35.5 Å². The number of likely N-dealkylation sites (tertiary alicyclic amines) is 1. The number of piperidine rings is 1. The summed E-state index contributed by atoms with van der Waals surface area (Å²) in [5.74, 6) is 0.752. The van der Waals surface area contributed by atoms with Crippen molar-refractivity contribution < 1.29 is 0 Å². The number of hydrogen-bond donors (Lipinski definition) is 1. The molecule has 0 aliphatic carbocycles. The molecule has 1 fully saturated rings. The van der Waals surface area contributed by atoms with Crippen LogP contribution in [0.3, 0.4) is 0 Å². The Kier molecular flexibility index (Phi) is 4.18. The normalized spacial score (nSPS) is 26.3. The molecular weight excluding hydrogens is 212 g/mol. The molecule has 0 spiro atoms. The summed E-state index contributed by atoms with van der Waals surface area (Å²) in [6.07, 6.45) is 6.48. The molecule has 1 saturated heterocycles. The van der Waals surface area contributed by atoms with Crippen molar-refractivity contribution >= 4 is 0 Å². The van der Waals surface area contributed by atoms with Crippen molar-refractivity contribution in [2.24, 2.45) is 13.0 Å². The molecule has 1 aliphatic heterocycles. The fourth-order valence-corrected chi connectivity index (χ4v) is 2.75. The quantitative estimate of drug-likeness (QED) is 0.843. The minimum atomic E-state index is 0.699. The SMILES string of the molecule is CNC1CCN(CCc2cnn(C)c2)CC1C. The smallest absolute Gasteiger partial charge is 0.0522 e. The van der Waals surface area contributed by atoms with E-state index in [4.69, 9.17) is 0 Å². The van der Waals surface area contributed by atoms with E-state index < -0.39 is 0 Å². The minimum absolute atomic E-state index is 0.699. The second kappa shape index (κ2) is 5.65. The van der Waals surface area contributed by atoms with Crippen LogP contribution in [-0.4, -0.2) is 47.4 Å². The van der Waals surface area contributed by atoms with Gasteiger partial charge in [-0.15, -0.1) is 0 Å². The van der Waals surface area contributed by atoms with Gasteiger partial charge in [0, 0.05) is 32.4 Å². The summed E-state index contributed by atoms with van der Waals surface area (Å²) in [5, 5.41) is 7.62. The first-order chi connectivity index (χ1) is 8.19. The van der Waals surface area contributed by atoms with E-state index in [9.17, 15) is 0 Å². The van der Waals surface area contributed by atoms with E-state index >= 15 is 0 Å². The summed E-state index contributed by atoms with van der Waals surface area (Å²) in [7, 11) is 4.05. The topological polar surface area (TPSA) is 33.1 Å². The molecule has 4 heteroatoms. The standard InChI is InChI=1S/C13H24N4/c1-11-9-17(7-5-13(11)14-2)6-4-12-8-15-16(3)10-12/h8,10-11,13-14H,4-7,9H2,1-3H3. The number of hydrogen-bond acceptors (Lipinski definition) is 3. The Hall–Kier alpha value is -0.870. The van der Waals surface area contributed by atoms with Gasteiger partial charge in [0.05, 0.1) is 6.20 Å². The molecule has 1 aromatic heterocycles. The van der Waals surface area contributed by atoms with Gasteiger partial charge >= 0.3 is 0 Å². The molecule has 0 saturated carbocycles. The van der Waals surface area contributed by atoms with Crippen molar-refractivity contribution in [3.8, 4) is 0 Å². The lowest BCUT2D eigenvalue weighted by Crippen LogP contribution is -2.47. The summed E-state index contributed by atoms with van der Waals surface area (Å²) in [5.41, 5.74) is 1.34. The van der Waals surface area contributed by atoms with Crippen molar-refractivity contribution in [3.63, 3.8) is 0 Å². The van der Waals surface area contributed by atoms with Crippen molar-refractivity contribution in [1.82, 2.24) is 20.0 Å². The summed E-state index contributed by atoms with van der Waals surface area (Å²) in [6, 6.07) is 0.699. The van der Waals surface area contributed by atoms with E-state index in [1.54, 1.807) is 0 Å². The van der Waals surface area contributed by atoms with Crippen LogP contribution in [0.25, 0.3) is 0 Å². The van der Waals surface area contributed by atoms with Crippen LogP contribution in [0.1, 0.15) is 18.9 Å². The van der Waals surface area contributed by atoms with Crippen LogP contribution in [0, 0.1) is 5.92 Å². The lowest BCUT2D eigenvalue weighted by molar-refractivity contribution is 0.153. The van der Waals surface area contributed by atoms with E-state index in [1.807, 2.05) is 17.9 Å². The van der Waals surface area contributed by atoms with Crippen LogP contribution in [0.2, 0.25) is 0 Å². The van der Waals surface area contributed by atoms with Crippen LogP contribution in [-0.2, 0) is 13.5 Å². The maximum absolute atomic E-state index is 4.21. The fourth-order valence-electron chi connectivity index (χ4n) is 2.75. The van der Waals surface area contributed by atoms with Gasteiger partial charge in [-0.1, -0.05) is 6.92 Å². The van der Waals surface area contributed by atoms with Gasteiger partial charge in [0.2, 0.25) is 0 Å². The molecule has 2 heterocycles. The number of nitrogens with zero attached hydrogens (tertiary/aromatic N) is 3. The fraction of sp³-hybridized carbons (Fsp3) is 0.769. The molecular formula is C13H24N4. The Balaban J connectivity index is 1.77. The van der Waals surface area contributed by atoms with Crippen molar-refractivity contribution in [2.45, 2.75) is 25.8 Å². The largest absolute Gasteiger partial charge is 0.317 e. The number of aryl methyl sites for hydroxylation is 1. The molecule has 2 rings (SSSR count). The summed E-state index contributed by atoms with van der Waals surface area (Å²) in [4.78, 5) is 2.57. The monoisotopic (exact) mass is 236 g/mol. The second-order valence-electron chi connectivity index (χ2n) is 5.23. The Labute approximate surface area is 104 Å². The number of rotatable bonds is 4. The van der Waals surface area contributed by atoms with Crippen LogP contribution < -0.4 is 5.32 Å². The molecule has 2 atom stereocenters. The first-order valence-electron chi connectivity index (χ1n) is 6.56. The van der Waals surface area contributed by atoms with Gasteiger partial charge in [0.25, 0.3) is 0 Å². The van der Waals surface area contributed by atoms with Gasteiger partial charge in [-0.25, -0.2) is 0 Å². The second-order valence-corrected chi connectivity index (χ2v) is 5.23. The highest BCUT2D eigenvalue weighted by atomic mass is 15.2. The minimum Gasteiger partial charge on any atom is -0.317 e. The molecule has 0 amide bonds. The third kappa shape index (κ3) is 3.30. The molecule has 2 unspecified atom stereocenters. The third-order valence-electron chi connectivity index (χ3n) is 3.84. The molecule has 0 aromatic carbocycles. The van der Waals surface area contributed by atoms with Gasteiger partial charge in [-0.3, -0.25) is 4.68 Å². The molecule has 1 aliphatic rings. The average molecular weight is 236 g/mol. The van der Waals surface area contributed by atoms with Crippen LogP contribution >= 0.6 is 0 Å². The van der Waals surface area contributed by atoms with Crippen LogP contribution in [0.4, 0.5) is 0 Å². The van der Waals surface area contributed by atoms with E-state index in [0.717, 1.165) is 18.9 Å². The van der Waals surface area contributed by atoms with E-state index in [0.29, 0.717) is 6.04 Å². The predicted octanol–water partition coefficient (Wildman–Crippen LogP) is 0.892. The summed E-state index contributed by atoms with van der Waals surface area (Å²) in [6.45, 7) is 5.94. The van der Waals surface area contributed by atoms with Crippen LogP contribution in [0.15, 0.2) is 12.4 Å². The number of nitrogens with one attached hydrogen (secondary N) is 1. The van der Waals surface area contributed by atoms with Gasteiger partial charge in [0.15, 0.2) is 0 Å². The van der Waals surface area contributed by atoms with Gasteiger partial charge in [-0.05, 0) is 37.9 Å². The molecule has 17 heavy (non-hydrogen) atoms. The Morgan fingerprint density at radius 3 is 2.94 bits per heavy atom. The molecule has 1 aromatic rings. The number of aromatic nitrogens is 2. The third-order valence-corrected chi connectivity index (χ3v) is 3.84. The maximum atomic E-state index is 4.21. The molecule has 4 nitrogen and oxygen atoms in total. The first kappa shape index (κ1) is 12.6. The average Bonchev–Trinajstić information content (AvgIpc) is 2.73. The zero-order valence-electron chi connectivity index (χ0n) is 11.2. The summed E-state index contributed by atoms with van der Waals surface area (Å²) < 4.78 is 1.88. The first-order valence-corrected chi connectivity index (χ1v) is 6.56. The Morgan fingerprint density at radius 1 is 1.53 bits per heavy atom. The highest BCUT2D eigenvalue weighted by molar-refractivity contribution is 5.04. The Morgan fingerprint density at radius 2 is 2.35 bits per heavy atom. The van der Waals surface area contributed by atoms with E-state index in [-0.39, 0.29) is 0 Å². The maximum Gasteiger partial charge on any atom is 0.0522 e. The molecule has 0 bridgehead atoms. The zero-order chi connectivity index (χ0) is 12.3. The molecule has 1 N–H and O–H groups in total. The van der Waals surface area contributed by atoms with Gasteiger partial charge < -0.3 is 10.2 Å². The molecule has 96 valence electrons.